The molecule has 0 atom stereocenters. The second-order valence-corrected chi connectivity index (χ2v) is 6.17. The normalized spacial score (nSPS) is 10.6. The highest BCUT2D eigenvalue weighted by molar-refractivity contribution is 5.84. The zero-order chi connectivity index (χ0) is 20.5. The van der Waals surface area contributed by atoms with E-state index in [0.717, 1.165) is 16.7 Å². The van der Waals surface area contributed by atoms with Gasteiger partial charge in [-0.2, -0.15) is 5.10 Å². The summed E-state index contributed by atoms with van der Waals surface area (Å²) in [5, 5.41) is 3.98. The Morgan fingerprint density at radius 2 is 1.86 bits per heavy atom. The number of nitrogens with zero attached hydrogens (tertiary/aromatic N) is 1. The Balaban J connectivity index is 1.95. The number of carbonyl (C=O) groups is 2. The largest absolute Gasteiger partial charge is 0.493 e. The Labute approximate surface area is 164 Å². The van der Waals surface area contributed by atoms with Crippen molar-refractivity contribution < 1.29 is 23.8 Å². The Bertz CT molecular complexity index is 877. The molecule has 0 saturated heterocycles. The molecule has 0 radical (unpaired) electrons. The molecule has 1 N–H and O–H groups in total. The number of rotatable bonds is 8. The van der Waals surface area contributed by atoms with E-state index in [1.807, 2.05) is 32.0 Å². The molecule has 0 unspecified atom stereocenters. The summed E-state index contributed by atoms with van der Waals surface area (Å²) in [6, 6.07) is 11.0. The molecule has 0 aromatic heterocycles. The summed E-state index contributed by atoms with van der Waals surface area (Å²) < 4.78 is 15.1. The minimum absolute atomic E-state index is 0.201. The minimum Gasteiger partial charge on any atom is -0.493 e. The SMILES string of the molecule is COC(=O)COc1ccc(/C=N\NC(=O)Cc2ccc(C)cc2C)cc1OC. The van der Waals surface area contributed by atoms with Crippen molar-refractivity contribution in [1.82, 2.24) is 5.43 Å². The molecular weight excluding hydrogens is 360 g/mol. The van der Waals surface area contributed by atoms with E-state index in [4.69, 9.17) is 9.47 Å². The first kappa shape index (κ1) is 21.0. The van der Waals surface area contributed by atoms with Crippen molar-refractivity contribution in [2.45, 2.75) is 20.3 Å². The predicted octanol–water partition coefficient (Wildman–Crippen LogP) is 2.56. The van der Waals surface area contributed by atoms with E-state index in [0.29, 0.717) is 17.1 Å². The Kier molecular flexibility index (Phi) is 7.56. The maximum atomic E-state index is 12.1. The Hall–Kier alpha value is -3.35. The first-order valence-corrected chi connectivity index (χ1v) is 8.68. The second-order valence-electron chi connectivity index (χ2n) is 6.17. The Morgan fingerprint density at radius 3 is 2.54 bits per heavy atom. The smallest absolute Gasteiger partial charge is 0.343 e. The average Bonchev–Trinajstić information content (AvgIpc) is 2.68. The number of hydrazone groups is 1. The van der Waals surface area contributed by atoms with Gasteiger partial charge in [-0.3, -0.25) is 4.79 Å². The van der Waals surface area contributed by atoms with Crippen molar-refractivity contribution in [1.29, 1.82) is 0 Å². The van der Waals surface area contributed by atoms with E-state index in [9.17, 15) is 9.59 Å². The molecule has 0 aliphatic rings. The highest BCUT2D eigenvalue weighted by Crippen LogP contribution is 2.27. The molecule has 0 heterocycles. The van der Waals surface area contributed by atoms with E-state index < -0.39 is 5.97 Å². The van der Waals surface area contributed by atoms with Gasteiger partial charge in [0.25, 0.3) is 0 Å². The second kappa shape index (κ2) is 10.1. The van der Waals surface area contributed by atoms with Crippen molar-refractivity contribution in [3.8, 4) is 11.5 Å². The Morgan fingerprint density at radius 1 is 1.07 bits per heavy atom. The number of hydrogen-bond acceptors (Lipinski definition) is 6. The van der Waals surface area contributed by atoms with Gasteiger partial charge in [-0.15, -0.1) is 0 Å². The van der Waals surface area contributed by atoms with E-state index in [-0.39, 0.29) is 18.9 Å². The van der Waals surface area contributed by atoms with Crippen LogP contribution in [0.3, 0.4) is 0 Å². The third-order valence-electron chi connectivity index (χ3n) is 4.01. The summed E-state index contributed by atoms with van der Waals surface area (Å²) >= 11 is 0. The summed E-state index contributed by atoms with van der Waals surface area (Å²) in [7, 11) is 2.78. The zero-order valence-corrected chi connectivity index (χ0v) is 16.4. The number of amides is 1. The van der Waals surface area contributed by atoms with E-state index in [1.54, 1.807) is 18.2 Å². The van der Waals surface area contributed by atoms with Gasteiger partial charge in [-0.25, -0.2) is 10.2 Å². The lowest BCUT2D eigenvalue weighted by Crippen LogP contribution is -2.20. The molecular formula is C21H24N2O5. The molecule has 2 rings (SSSR count). The quantitative estimate of drug-likeness (QED) is 0.429. The molecule has 0 aliphatic carbocycles. The number of carbonyl (C=O) groups excluding carboxylic acids is 2. The number of ether oxygens (including phenoxy) is 3. The standard InChI is InChI=1S/C21H24N2O5/c1-14-5-7-17(15(2)9-14)11-20(24)23-22-12-16-6-8-18(19(10-16)26-3)28-13-21(25)27-4/h5-10,12H,11,13H2,1-4H3,(H,23,24)/b22-12-. The van der Waals surface area contributed by atoms with Gasteiger partial charge in [0.05, 0.1) is 26.9 Å². The van der Waals surface area contributed by atoms with E-state index in [1.165, 1.54) is 20.4 Å². The van der Waals surface area contributed by atoms with Crippen LogP contribution < -0.4 is 14.9 Å². The number of nitrogens with one attached hydrogen (secondary N) is 1. The van der Waals surface area contributed by atoms with Crippen molar-refractivity contribution in [3.05, 3.63) is 58.7 Å². The van der Waals surface area contributed by atoms with Gasteiger partial charge in [0.1, 0.15) is 0 Å². The number of benzene rings is 2. The van der Waals surface area contributed by atoms with Gasteiger partial charge in [-0.05, 0) is 48.7 Å². The monoisotopic (exact) mass is 384 g/mol. The van der Waals surface area contributed by atoms with Crippen LogP contribution in [0.2, 0.25) is 0 Å². The van der Waals surface area contributed by atoms with Crippen LogP contribution in [-0.4, -0.2) is 38.9 Å². The molecule has 7 heteroatoms. The zero-order valence-electron chi connectivity index (χ0n) is 16.4. The topological polar surface area (TPSA) is 86.2 Å². The molecule has 0 spiro atoms. The van der Waals surface area contributed by atoms with Gasteiger partial charge < -0.3 is 14.2 Å². The molecule has 7 nitrogen and oxygen atoms in total. The van der Waals surface area contributed by atoms with Crippen molar-refractivity contribution >= 4 is 18.1 Å². The summed E-state index contributed by atoms with van der Waals surface area (Å²) in [5.41, 5.74) is 6.42. The summed E-state index contributed by atoms with van der Waals surface area (Å²) in [5.74, 6) is 0.158. The first-order chi connectivity index (χ1) is 13.4. The van der Waals surface area contributed by atoms with Crippen LogP contribution in [0, 0.1) is 13.8 Å². The van der Waals surface area contributed by atoms with Crippen molar-refractivity contribution in [3.63, 3.8) is 0 Å². The van der Waals surface area contributed by atoms with Crippen LogP contribution >= 0.6 is 0 Å². The molecule has 0 saturated carbocycles. The number of methoxy groups -OCH3 is 2. The molecule has 148 valence electrons. The fourth-order valence-electron chi connectivity index (χ4n) is 2.51. The molecule has 1 amide bonds. The number of esters is 1. The van der Waals surface area contributed by atoms with Crippen LogP contribution in [0.4, 0.5) is 0 Å². The van der Waals surface area contributed by atoms with E-state index in [2.05, 4.69) is 15.3 Å². The van der Waals surface area contributed by atoms with Crippen LogP contribution in [0.1, 0.15) is 22.3 Å². The van der Waals surface area contributed by atoms with Crippen molar-refractivity contribution in [2.75, 3.05) is 20.8 Å². The molecule has 2 aromatic carbocycles. The highest BCUT2D eigenvalue weighted by atomic mass is 16.6. The maximum absolute atomic E-state index is 12.1. The molecule has 28 heavy (non-hydrogen) atoms. The van der Waals surface area contributed by atoms with Gasteiger partial charge in [0.2, 0.25) is 5.91 Å². The van der Waals surface area contributed by atoms with Crippen molar-refractivity contribution in [2.24, 2.45) is 5.10 Å². The summed E-state index contributed by atoms with van der Waals surface area (Å²) in [6.07, 6.45) is 1.76. The number of hydrogen-bond donors (Lipinski definition) is 1. The molecule has 0 fully saturated rings. The predicted molar refractivity (Wildman–Crippen MR) is 106 cm³/mol. The van der Waals surface area contributed by atoms with E-state index >= 15 is 0 Å². The molecule has 2 aromatic rings. The fourth-order valence-corrected chi connectivity index (χ4v) is 2.51. The fraction of sp³-hybridized carbons (Fsp3) is 0.286. The molecule has 0 bridgehead atoms. The lowest BCUT2D eigenvalue weighted by molar-refractivity contribution is -0.142. The van der Waals surface area contributed by atoms with Gasteiger partial charge in [-0.1, -0.05) is 23.8 Å². The van der Waals surface area contributed by atoms with Crippen LogP contribution in [0.15, 0.2) is 41.5 Å². The lowest BCUT2D eigenvalue weighted by atomic mass is 10.0. The maximum Gasteiger partial charge on any atom is 0.343 e. The third-order valence-corrected chi connectivity index (χ3v) is 4.01. The van der Waals surface area contributed by atoms with Gasteiger partial charge >= 0.3 is 5.97 Å². The summed E-state index contributed by atoms with van der Waals surface area (Å²) in [4.78, 5) is 23.3. The lowest BCUT2D eigenvalue weighted by Gasteiger charge is -2.10. The third kappa shape index (κ3) is 6.12. The average molecular weight is 384 g/mol. The van der Waals surface area contributed by atoms with Gasteiger partial charge in [0, 0.05) is 0 Å². The molecule has 0 aliphatic heterocycles. The first-order valence-electron chi connectivity index (χ1n) is 8.68. The van der Waals surface area contributed by atoms with Crippen LogP contribution in [-0.2, 0) is 20.7 Å². The summed E-state index contributed by atoms with van der Waals surface area (Å²) in [6.45, 7) is 3.78. The van der Waals surface area contributed by atoms with Gasteiger partial charge in [0.15, 0.2) is 18.1 Å². The number of aryl methyl sites for hydroxylation is 2. The van der Waals surface area contributed by atoms with Crippen LogP contribution in [0.25, 0.3) is 0 Å². The minimum atomic E-state index is -0.487. The highest BCUT2D eigenvalue weighted by Gasteiger charge is 2.09. The van der Waals surface area contributed by atoms with Crippen LogP contribution in [0.5, 0.6) is 11.5 Å².